The van der Waals surface area contributed by atoms with Gasteiger partial charge < -0.3 is 9.47 Å². The Morgan fingerprint density at radius 2 is 1.67 bits per heavy atom. The first-order valence-corrected chi connectivity index (χ1v) is 11.3. The van der Waals surface area contributed by atoms with Crippen molar-refractivity contribution in [2.45, 2.75) is 23.6 Å². The zero-order chi connectivity index (χ0) is 21.9. The summed E-state index contributed by atoms with van der Waals surface area (Å²) in [6.45, 7) is -0.252. The number of anilines is 1. The lowest BCUT2D eigenvalue weighted by atomic mass is 10.2. The number of hydrogen-bond acceptors (Lipinski definition) is 6. The number of carbonyl (C=O) groups excluding carboxylic acids is 2. The summed E-state index contributed by atoms with van der Waals surface area (Å²) in [6.07, 6.45) is -1.19. The number of halogens is 1. The van der Waals surface area contributed by atoms with E-state index in [0.29, 0.717) is 10.2 Å². The van der Waals surface area contributed by atoms with Crippen LogP contribution < -0.4 is 4.90 Å². The Bertz CT molecular complexity index is 1010. The van der Waals surface area contributed by atoms with Crippen LogP contribution >= 0.6 is 15.9 Å². The maximum atomic E-state index is 13.4. The standard InChI is InChI=1S/C20H21BrN2O6S/c1-28-19(29-2)13-22(30(26,27)16-10-8-14(21)9-11-16)17-12-18(24)23(20(17)25)15-6-4-3-5-7-15/h3-11,17,19H,12-13H2,1-2H3. The zero-order valence-electron chi connectivity index (χ0n) is 16.4. The van der Waals surface area contributed by atoms with Gasteiger partial charge in [0.05, 0.1) is 23.5 Å². The zero-order valence-corrected chi connectivity index (χ0v) is 18.8. The van der Waals surface area contributed by atoms with E-state index in [1.54, 1.807) is 42.5 Å². The van der Waals surface area contributed by atoms with Gasteiger partial charge in [0, 0.05) is 18.7 Å². The Morgan fingerprint density at radius 3 is 2.23 bits per heavy atom. The summed E-state index contributed by atoms with van der Waals surface area (Å²) in [5.41, 5.74) is 0.394. The molecule has 0 saturated carbocycles. The Hall–Kier alpha value is -2.11. The number of benzene rings is 2. The molecule has 1 aliphatic rings. The maximum absolute atomic E-state index is 13.4. The van der Waals surface area contributed by atoms with Crippen LogP contribution in [0.25, 0.3) is 0 Å². The van der Waals surface area contributed by atoms with Crippen molar-refractivity contribution < 1.29 is 27.5 Å². The number of amides is 2. The van der Waals surface area contributed by atoms with Crippen molar-refractivity contribution in [3.05, 3.63) is 59.1 Å². The van der Waals surface area contributed by atoms with Crippen molar-refractivity contribution in [2.75, 3.05) is 25.7 Å². The van der Waals surface area contributed by atoms with Crippen molar-refractivity contribution in [3.8, 4) is 0 Å². The van der Waals surface area contributed by atoms with Gasteiger partial charge in [0.1, 0.15) is 6.04 Å². The monoisotopic (exact) mass is 496 g/mol. The first-order valence-electron chi connectivity index (χ1n) is 9.04. The first kappa shape index (κ1) is 22.6. The fourth-order valence-corrected chi connectivity index (χ4v) is 5.05. The van der Waals surface area contributed by atoms with Gasteiger partial charge in [0.2, 0.25) is 15.9 Å². The largest absolute Gasteiger partial charge is 0.354 e. The molecule has 3 rings (SSSR count). The van der Waals surface area contributed by atoms with E-state index in [1.807, 2.05) is 0 Å². The lowest BCUT2D eigenvalue weighted by Gasteiger charge is -2.29. The summed E-state index contributed by atoms with van der Waals surface area (Å²) in [7, 11) is -1.38. The lowest BCUT2D eigenvalue weighted by molar-refractivity contribution is -0.125. The molecule has 1 saturated heterocycles. The van der Waals surface area contributed by atoms with E-state index >= 15 is 0 Å². The summed E-state index contributed by atoms with van der Waals surface area (Å²) < 4.78 is 38.9. The van der Waals surface area contributed by atoms with Gasteiger partial charge in [-0.3, -0.25) is 9.59 Å². The molecule has 1 fully saturated rings. The molecule has 0 bridgehead atoms. The second kappa shape index (κ2) is 9.36. The molecule has 0 radical (unpaired) electrons. The van der Waals surface area contributed by atoms with Crippen molar-refractivity contribution in [1.82, 2.24) is 4.31 Å². The quantitative estimate of drug-likeness (QED) is 0.411. The minimum atomic E-state index is -4.13. The van der Waals surface area contributed by atoms with Crippen molar-refractivity contribution in [2.24, 2.45) is 0 Å². The predicted octanol–water partition coefficient (Wildman–Crippen LogP) is 2.39. The van der Waals surface area contributed by atoms with Crippen LogP contribution in [-0.2, 0) is 29.1 Å². The van der Waals surface area contributed by atoms with E-state index in [2.05, 4.69) is 15.9 Å². The van der Waals surface area contributed by atoms with Crippen molar-refractivity contribution in [1.29, 1.82) is 0 Å². The van der Waals surface area contributed by atoms with E-state index in [9.17, 15) is 18.0 Å². The molecule has 30 heavy (non-hydrogen) atoms. The smallest absolute Gasteiger partial charge is 0.252 e. The number of para-hydroxylation sites is 1. The minimum absolute atomic E-state index is 0.00457. The Labute approximate surface area is 183 Å². The molecule has 0 aromatic heterocycles. The summed E-state index contributed by atoms with van der Waals surface area (Å²) in [6, 6.07) is 13.2. The number of hydrogen-bond donors (Lipinski definition) is 0. The third-order valence-electron chi connectivity index (χ3n) is 4.76. The Balaban J connectivity index is 2.01. The molecule has 0 N–H and O–H groups in total. The number of sulfonamides is 1. The molecule has 2 amide bonds. The molecule has 1 atom stereocenters. The van der Waals surface area contributed by atoms with Gasteiger partial charge in [-0.2, -0.15) is 4.31 Å². The molecule has 1 heterocycles. The highest BCUT2D eigenvalue weighted by Crippen LogP contribution is 2.30. The van der Waals surface area contributed by atoms with Crippen LogP contribution in [0.15, 0.2) is 64.0 Å². The fraction of sp³-hybridized carbons (Fsp3) is 0.300. The van der Waals surface area contributed by atoms with Gasteiger partial charge in [-0.25, -0.2) is 13.3 Å². The first-order chi connectivity index (χ1) is 14.3. The molecule has 160 valence electrons. The van der Waals surface area contributed by atoms with Crippen LogP contribution in [0.3, 0.4) is 0 Å². The second-order valence-electron chi connectivity index (χ2n) is 6.55. The highest BCUT2D eigenvalue weighted by Gasteiger charge is 2.47. The molecule has 8 nitrogen and oxygen atoms in total. The van der Waals surface area contributed by atoms with Crippen LogP contribution in [-0.4, -0.2) is 57.6 Å². The Kier molecular flexibility index (Phi) is 7.04. The molecule has 1 unspecified atom stereocenters. The fourth-order valence-electron chi connectivity index (χ4n) is 3.22. The third kappa shape index (κ3) is 4.47. The molecule has 10 heteroatoms. The van der Waals surface area contributed by atoms with Crippen LogP contribution in [0.5, 0.6) is 0 Å². The molecule has 0 spiro atoms. The molecular weight excluding hydrogens is 476 g/mol. The van der Waals surface area contributed by atoms with Crippen LogP contribution in [0.4, 0.5) is 5.69 Å². The van der Waals surface area contributed by atoms with E-state index in [4.69, 9.17) is 9.47 Å². The average Bonchev–Trinajstić information content (AvgIpc) is 3.03. The van der Waals surface area contributed by atoms with Gasteiger partial charge >= 0.3 is 0 Å². The third-order valence-corrected chi connectivity index (χ3v) is 7.18. The molecule has 1 aliphatic heterocycles. The highest BCUT2D eigenvalue weighted by molar-refractivity contribution is 9.10. The normalized spacial score (nSPS) is 17.4. The molecule has 2 aromatic carbocycles. The van der Waals surface area contributed by atoms with Crippen molar-refractivity contribution in [3.63, 3.8) is 0 Å². The average molecular weight is 497 g/mol. The Morgan fingerprint density at radius 1 is 1.07 bits per heavy atom. The number of imide groups is 1. The van der Waals surface area contributed by atoms with Gasteiger partial charge in [-0.05, 0) is 36.4 Å². The van der Waals surface area contributed by atoms with Gasteiger partial charge in [0.15, 0.2) is 6.29 Å². The molecular formula is C20H21BrN2O6S. The van der Waals surface area contributed by atoms with Gasteiger partial charge in [0.25, 0.3) is 5.91 Å². The SMILES string of the molecule is COC(CN(C1CC(=O)N(c2ccccc2)C1=O)S(=O)(=O)c1ccc(Br)cc1)OC. The van der Waals surface area contributed by atoms with E-state index < -0.39 is 34.2 Å². The summed E-state index contributed by atoms with van der Waals surface area (Å²) >= 11 is 3.28. The van der Waals surface area contributed by atoms with Gasteiger partial charge in [-0.1, -0.05) is 34.1 Å². The highest BCUT2D eigenvalue weighted by atomic mass is 79.9. The minimum Gasteiger partial charge on any atom is -0.354 e. The van der Waals surface area contributed by atoms with Crippen LogP contribution in [0.1, 0.15) is 6.42 Å². The summed E-state index contributed by atoms with van der Waals surface area (Å²) in [5.74, 6) is -1.09. The number of nitrogens with zero attached hydrogens (tertiary/aromatic N) is 2. The van der Waals surface area contributed by atoms with E-state index in [0.717, 1.165) is 9.21 Å². The molecule has 0 aliphatic carbocycles. The van der Waals surface area contributed by atoms with Gasteiger partial charge in [-0.15, -0.1) is 0 Å². The maximum Gasteiger partial charge on any atom is 0.252 e. The van der Waals surface area contributed by atoms with Crippen LogP contribution in [0, 0.1) is 0 Å². The predicted molar refractivity (Wildman–Crippen MR) is 113 cm³/mol. The summed E-state index contributed by atoms with van der Waals surface area (Å²) in [5, 5.41) is 0. The lowest BCUT2D eigenvalue weighted by Crippen LogP contribution is -2.49. The topological polar surface area (TPSA) is 93.2 Å². The summed E-state index contributed by atoms with van der Waals surface area (Å²) in [4.78, 5) is 26.8. The van der Waals surface area contributed by atoms with E-state index in [1.165, 1.54) is 26.4 Å². The van der Waals surface area contributed by atoms with Crippen molar-refractivity contribution >= 4 is 43.5 Å². The molecule has 2 aromatic rings. The number of ether oxygens (including phenoxy) is 2. The number of carbonyl (C=O) groups is 2. The number of methoxy groups -OCH3 is 2. The van der Waals surface area contributed by atoms with Crippen LogP contribution in [0.2, 0.25) is 0 Å². The van der Waals surface area contributed by atoms with E-state index in [-0.39, 0.29) is 17.9 Å². The number of rotatable bonds is 8. The second-order valence-corrected chi connectivity index (χ2v) is 9.36.